The van der Waals surface area contributed by atoms with E-state index in [2.05, 4.69) is 15.3 Å². The van der Waals surface area contributed by atoms with Gasteiger partial charge in [0.15, 0.2) is 0 Å². The van der Waals surface area contributed by atoms with Crippen molar-refractivity contribution in [1.82, 2.24) is 9.97 Å². The molecule has 1 aromatic carbocycles. The van der Waals surface area contributed by atoms with Gasteiger partial charge < -0.3 is 15.2 Å². The number of aliphatic hydroxyl groups is 1. The van der Waals surface area contributed by atoms with Crippen LogP contribution in [-0.4, -0.2) is 28.3 Å². The van der Waals surface area contributed by atoms with Gasteiger partial charge in [0.2, 0.25) is 11.8 Å². The number of hydrogen-bond acceptors (Lipinski definition) is 5. The molecule has 0 fully saturated rings. The van der Waals surface area contributed by atoms with Crippen LogP contribution in [-0.2, 0) is 0 Å². The van der Waals surface area contributed by atoms with E-state index in [1.165, 1.54) is 0 Å². The molecule has 0 bridgehead atoms. The van der Waals surface area contributed by atoms with Gasteiger partial charge in [-0.25, -0.2) is 4.98 Å². The van der Waals surface area contributed by atoms with E-state index in [0.717, 1.165) is 11.3 Å². The molecular formula is C13H15N3O2. The maximum Gasteiger partial charge on any atom is 0.230 e. The van der Waals surface area contributed by atoms with Crippen molar-refractivity contribution in [2.45, 2.75) is 6.92 Å². The summed E-state index contributed by atoms with van der Waals surface area (Å²) in [6, 6.07) is 9.58. The average Bonchev–Trinajstić information content (AvgIpc) is 2.37. The van der Waals surface area contributed by atoms with E-state index in [1.807, 2.05) is 31.2 Å². The molecule has 0 unspecified atom stereocenters. The summed E-state index contributed by atoms with van der Waals surface area (Å²) < 4.78 is 5.22. The van der Waals surface area contributed by atoms with Gasteiger partial charge in [-0.15, -0.1) is 0 Å². The monoisotopic (exact) mass is 245 g/mol. The fraction of sp³-hybridized carbons (Fsp3) is 0.231. The molecule has 5 nitrogen and oxygen atoms in total. The van der Waals surface area contributed by atoms with Gasteiger partial charge in [0, 0.05) is 18.0 Å². The molecule has 18 heavy (non-hydrogen) atoms. The second-order valence-electron chi connectivity index (χ2n) is 3.79. The molecule has 0 aliphatic carbocycles. The number of nitrogens with one attached hydrogen (secondary N) is 1. The smallest absolute Gasteiger partial charge is 0.230 e. The Balaban J connectivity index is 2.09. The zero-order valence-corrected chi connectivity index (χ0v) is 10.1. The van der Waals surface area contributed by atoms with Gasteiger partial charge in [0.1, 0.15) is 6.61 Å². The van der Waals surface area contributed by atoms with Crippen molar-refractivity contribution in [3.63, 3.8) is 0 Å². The summed E-state index contributed by atoms with van der Waals surface area (Å²) in [5.74, 6) is 0.908. The van der Waals surface area contributed by atoms with E-state index < -0.39 is 0 Å². The summed E-state index contributed by atoms with van der Waals surface area (Å²) in [4.78, 5) is 8.29. The number of hydrogen-bond donors (Lipinski definition) is 2. The molecule has 1 aromatic heterocycles. The molecule has 5 heteroatoms. The molecule has 0 atom stereocenters. The van der Waals surface area contributed by atoms with Crippen molar-refractivity contribution in [3.05, 3.63) is 42.1 Å². The van der Waals surface area contributed by atoms with Crippen LogP contribution in [0.25, 0.3) is 0 Å². The van der Waals surface area contributed by atoms with Crippen LogP contribution in [0, 0.1) is 6.92 Å². The van der Waals surface area contributed by atoms with E-state index in [1.54, 1.807) is 12.3 Å². The van der Waals surface area contributed by atoms with Gasteiger partial charge >= 0.3 is 0 Å². The molecule has 0 aliphatic heterocycles. The molecule has 0 saturated heterocycles. The number of nitrogens with zero attached hydrogens (tertiary/aromatic N) is 2. The van der Waals surface area contributed by atoms with Crippen LogP contribution in [0.1, 0.15) is 5.56 Å². The number of rotatable bonds is 5. The third-order valence-electron chi connectivity index (χ3n) is 2.25. The molecule has 0 spiro atoms. The van der Waals surface area contributed by atoms with Crippen LogP contribution in [0.4, 0.5) is 11.6 Å². The lowest BCUT2D eigenvalue weighted by Crippen LogP contribution is -2.05. The molecule has 2 aromatic rings. The standard InChI is InChI=1S/C13H15N3O2/c1-10-3-2-4-11(9-10)15-13-14-6-5-12(16-13)18-8-7-17/h2-6,9,17H,7-8H2,1H3,(H,14,15,16). The number of aryl methyl sites for hydroxylation is 1. The normalized spacial score (nSPS) is 10.1. The minimum Gasteiger partial charge on any atom is -0.475 e. The Morgan fingerprint density at radius 3 is 3.00 bits per heavy atom. The number of benzene rings is 1. The lowest BCUT2D eigenvalue weighted by Gasteiger charge is -2.07. The summed E-state index contributed by atoms with van der Waals surface area (Å²) in [6.07, 6.45) is 1.61. The van der Waals surface area contributed by atoms with Crippen LogP contribution in [0.5, 0.6) is 5.88 Å². The molecule has 0 amide bonds. The lowest BCUT2D eigenvalue weighted by molar-refractivity contribution is 0.196. The molecule has 2 rings (SSSR count). The maximum atomic E-state index is 8.68. The summed E-state index contributed by atoms with van der Waals surface area (Å²) in [5.41, 5.74) is 2.09. The Morgan fingerprint density at radius 2 is 2.22 bits per heavy atom. The van der Waals surface area contributed by atoms with Crippen molar-refractivity contribution in [2.24, 2.45) is 0 Å². The number of anilines is 2. The van der Waals surface area contributed by atoms with Gasteiger partial charge in [0.05, 0.1) is 6.61 Å². The molecule has 0 saturated carbocycles. The van der Waals surface area contributed by atoms with Crippen LogP contribution in [0.15, 0.2) is 36.5 Å². The first-order valence-corrected chi connectivity index (χ1v) is 5.68. The van der Waals surface area contributed by atoms with Crippen molar-refractivity contribution in [3.8, 4) is 5.88 Å². The molecule has 1 heterocycles. The van der Waals surface area contributed by atoms with Crippen LogP contribution >= 0.6 is 0 Å². The second-order valence-corrected chi connectivity index (χ2v) is 3.79. The minimum atomic E-state index is -0.0371. The zero-order valence-electron chi connectivity index (χ0n) is 10.1. The third kappa shape index (κ3) is 3.43. The van der Waals surface area contributed by atoms with E-state index in [9.17, 15) is 0 Å². The first-order valence-electron chi connectivity index (χ1n) is 5.68. The second kappa shape index (κ2) is 5.97. The zero-order chi connectivity index (χ0) is 12.8. The number of aromatic nitrogens is 2. The Bertz CT molecular complexity index is 517. The maximum absolute atomic E-state index is 8.68. The van der Waals surface area contributed by atoms with Crippen LogP contribution in [0.3, 0.4) is 0 Å². The SMILES string of the molecule is Cc1cccc(Nc2nccc(OCCO)n2)c1. The van der Waals surface area contributed by atoms with Gasteiger partial charge in [-0.2, -0.15) is 4.98 Å². The van der Waals surface area contributed by atoms with E-state index in [0.29, 0.717) is 11.8 Å². The van der Waals surface area contributed by atoms with Crippen molar-refractivity contribution in [2.75, 3.05) is 18.5 Å². The van der Waals surface area contributed by atoms with Gasteiger partial charge in [-0.1, -0.05) is 12.1 Å². The molecule has 0 radical (unpaired) electrons. The largest absolute Gasteiger partial charge is 0.475 e. The first kappa shape index (κ1) is 12.3. The van der Waals surface area contributed by atoms with E-state index in [-0.39, 0.29) is 13.2 Å². The van der Waals surface area contributed by atoms with Crippen molar-refractivity contribution >= 4 is 11.6 Å². The Hall–Kier alpha value is -2.14. The van der Waals surface area contributed by atoms with Crippen LogP contribution < -0.4 is 10.1 Å². The molecule has 2 N–H and O–H groups in total. The number of ether oxygens (including phenoxy) is 1. The lowest BCUT2D eigenvalue weighted by atomic mass is 10.2. The summed E-state index contributed by atoms with van der Waals surface area (Å²) in [6.45, 7) is 2.21. The van der Waals surface area contributed by atoms with E-state index in [4.69, 9.17) is 9.84 Å². The van der Waals surface area contributed by atoms with E-state index >= 15 is 0 Å². The Morgan fingerprint density at radius 1 is 1.33 bits per heavy atom. The Kier molecular flexibility index (Phi) is 4.09. The molecule has 94 valence electrons. The summed E-state index contributed by atoms with van der Waals surface area (Å²) in [7, 11) is 0. The first-order chi connectivity index (χ1) is 8.78. The van der Waals surface area contributed by atoms with Gasteiger partial charge in [-0.05, 0) is 24.6 Å². The Labute approximate surface area is 105 Å². The highest BCUT2D eigenvalue weighted by Crippen LogP contribution is 2.16. The highest BCUT2D eigenvalue weighted by Gasteiger charge is 2.00. The predicted octanol–water partition coefficient (Wildman–Crippen LogP) is 1.90. The fourth-order valence-electron chi connectivity index (χ4n) is 1.48. The third-order valence-corrected chi connectivity index (χ3v) is 2.25. The highest BCUT2D eigenvalue weighted by molar-refractivity contribution is 5.54. The molecule has 0 aliphatic rings. The topological polar surface area (TPSA) is 67.3 Å². The summed E-state index contributed by atoms with van der Waals surface area (Å²) in [5, 5.41) is 11.8. The van der Waals surface area contributed by atoms with Crippen molar-refractivity contribution < 1.29 is 9.84 Å². The van der Waals surface area contributed by atoms with Gasteiger partial charge in [0.25, 0.3) is 0 Å². The van der Waals surface area contributed by atoms with Gasteiger partial charge in [-0.3, -0.25) is 0 Å². The average molecular weight is 245 g/mol. The van der Waals surface area contributed by atoms with Crippen LogP contribution in [0.2, 0.25) is 0 Å². The summed E-state index contributed by atoms with van der Waals surface area (Å²) >= 11 is 0. The number of aliphatic hydroxyl groups excluding tert-OH is 1. The molecular weight excluding hydrogens is 230 g/mol. The highest BCUT2D eigenvalue weighted by atomic mass is 16.5. The minimum absolute atomic E-state index is 0.0371. The van der Waals surface area contributed by atoms with Crippen molar-refractivity contribution in [1.29, 1.82) is 0 Å². The predicted molar refractivity (Wildman–Crippen MR) is 69.1 cm³/mol. The quantitative estimate of drug-likeness (QED) is 0.842. The fourth-order valence-corrected chi connectivity index (χ4v) is 1.48.